The summed E-state index contributed by atoms with van der Waals surface area (Å²) < 4.78 is 13.1. The molecule has 2 aliphatic heterocycles. The van der Waals surface area contributed by atoms with Crippen LogP contribution in [0.4, 0.5) is 4.39 Å². The van der Waals surface area contributed by atoms with Crippen LogP contribution in [-0.2, 0) is 4.79 Å². The lowest BCUT2D eigenvalue weighted by molar-refractivity contribution is -0.132. The predicted molar refractivity (Wildman–Crippen MR) is 97.6 cm³/mol. The quantitative estimate of drug-likeness (QED) is 0.695. The summed E-state index contributed by atoms with van der Waals surface area (Å²) in [6.07, 6.45) is 0.629. The zero-order valence-electron chi connectivity index (χ0n) is 15.5. The number of amides is 1. The van der Waals surface area contributed by atoms with Crippen molar-refractivity contribution in [2.75, 3.05) is 39.8 Å². The van der Waals surface area contributed by atoms with E-state index in [4.69, 9.17) is 0 Å². The molecule has 0 saturated carbocycles. The minimum absolute atomic E-state index is 0.0113. The monoisotopic (exact) mass is 364 g/mol. The van der Waals surface area contributed by atoms with Gasteiger partial charge in [0.05, 0.1) is 0 Å². The van der Waals surface area contributed by atoms with Crippen molar-refractivity contribution in [2.45, 2.75) is 25.4 Å². The minimum atomic E-state index is -0.299. The SMILES string of the molecule is CCN(C)C[C@@H]1CN(C(=O)C2CC(c3ccc(F)cc3)NN2)C[C@@H]1CO. The Balaban J connectivity index is 1.58. The Hall–Kier alpha value is -1.54. The van der Waals surface area contributed by atoms with E-state index < -0.39 is 0 Å². The van der Waals surface area contributed by atoms with Crippen molar-refractivity contribution < 1.29 is 14.3 Å². The molecule has 1 aromatic carbocycles. The van der Waals surface area contributed by atoms with Crippen LogP contribution in [0.15, 0.2) is 24.3 Å². The number of carbonyl (C=O) groups is 1. The van der Waals surface area contributed by atoms with Gasteiger partial charge in [0.25, 0.3) is 0 Å². The second-order valence-corrected chi connectivity index (χ2v) is 7.48. The van der Waals surface area contributed by atoms with Crippen molar-refractivity contribution in [2.24, 2.45) is 11.8 Å². The van der Waals surface area contributed by atoms with E-state index in [0.29, 0.717) is 25.4 Å². The fourth-order valence-corrected chi connectivity index (χ4v) is 3.91. The average molecular weight is 364 g/mol. The van der Waals surface area contributed by atoms with Gasteiger partial charge in [0.1, 0.15) is 11.9 Å². The first-order chi connectivity index (χ1) is 12.5. The highest BCUT2D eigenvalue weighted by molar-refractivity contribution is 5.82. The van der Waals surface area contributed by atoms with Gasteiger partial charge in [-0.05, 0) is 43.6 Å². The number of carbonyl (C=O) groups excluding carboxylic acids is 1. The second-order valence-electron chi connectivity index (χ2n) is 7.48. The Morgan fingerprint density at radius 1 is 1.27 bits per heavy atom. The van der Waals surface area contributed by atoms with Crippen LogP contribution in [0.3, 0.4) is 0 Å². The van der Waals surface area contributed by atoms with Gasteiger partial charge in [-0.25, -0.2) is 15.2 Å². The van der Waals surface area contributed by atoms with Gasteiger partial charge in [-0.3, -0.25) is 4.79 Å². The van der Waals surface area contributed by atoms with Crippen molar-refractivity contribution in [3.63, 3.8) is 0 Å². The standard InChI is InChI=1S/C19H29FN4O2/c1-3-23(2)9-14-10-24(11-15(14)12-25)19(26)18-8-17(21-22-18)13-4-6-16(20)7-5-13/h4-7,14-15,17-18,21-22,25H,3,8-12H2,1-2H3/t14-,15-,17?,18?/m1/s1. The summed E-state index contributed by atoms with van der Waals surface area (Å²) in [5.74, 6) is 0.246. The number of hydrazine groups is 1. The first kappa shape index (κ1) is 19.2. The van der Waals surface area contributed by atoms with E-state index in [1.165, 1.54) is 12.1 Å². The van der Waals surface area contributed by atoms with Gasteiger partial charge in [-0.15, -0.1) is 0 Å². The molecule has 1 amide bonds. The fourth-order valence-electron chi connectivity index (χ4n) is 3.91. The summed E-state index contributed by atoms with van der Waals surface area (Å²) in [6.45, 7) is 5.36. The smallest absolute Gasteiger partial charge is 0.241 e. The molecular formula is C19H29FN4O2. The molecule has 0 radical (unpaired) electrons. The lowest BCUT2D eigenvalue weighted by Gasteiger charge is -2.23. The molecule has 0 aliphatic carbocycles. The molecule has 2 heterocycles. The maximum absolute atomic E-state index is 13.1. The van der Waals surface area contributed by atoms with Gasteiger partial charge in [-0.2, -0.15) is 0 Å². The number of rotatable bonds is 6. The molecule has 2 saturated heterocycles. The first-order valence-corrected chi connectivity index (χ1v) is 9.36. The number of likely N-dealkylation sites (tertiary alicyclic amines) is 1. The number of hydrogen-bond donors (Lipinski definition) is 3. The van der Waals surface area contributed by atoms with E-state index in [0.717, 1.165) is 18.7 Å². The highest BCUT2D eigenvalue weighted by Crippen LogP contribution is 2.28. The van der Waals surface area contributed by atoms with E-state index in [9.17, 15) is 14.3 Å². The number of halogens is 1. The molecule has 2 aliphatic rings. The number of benzene rings is 1. The van der Waals surface area contributed by atoms with E-state index in [1.54, 1.807) is 12.1 Å². The summed E-state index contributed by atoms with van der Waals surface area (Å²) in [6, 6.07) is 6.06. The van der Waals surface area contributed by atoms with Crippen LogP contribution in [-0.4, -0.2) is 66.7 Å². The third-order valence-electron chi connectivity index (χ3n) is 5.68. The molecule has 7 heteroatoms. The molecule has 3 rings (SSSR count). The topological polar surface area (TPSA) is 67.8 Å². The van der Waals surface area contributed by atoms with Crippen LogP contribution in [0.1, 0.15) is 24.9 Å². The highest BCUT2D eigenvalue weighted by atomic mass is 19.1. The van der Waals surface area contributed by atoms with Crippen molar-refractivity contribution in [3.8, 4) is 0 Å². The maximum atomic E-state index is 13.1. The first-order valence-electron chi connectivity index (χ1n) is 9.36. The third-order valence-corrected chi connectivity index (χ3v) is 5.68. The Labute approximate surface area is 154 Å². The third kappa shape index (κ3) is 4.23. The molecule has 6 nitrogen and oxygen atoms in total. The molecule has 3 N–H and O–H groups in total. The highest BCUT2D eigenvalue weighted by Gasteiger charge is 2.39. The normalized spacial score (nSPS) is 28.9. The molecule has 2 fully saturated rings. The van der Waals surface area contributed by atoms with Gasteiger partial charge in [0, 0.05) is 38.2 Å². The van der Waals surface area contributed by atoms with Crippen molar-refractivity contribution in [3.05, 3.63) is 35.6 Å². The fraction of sp³-hybridized carbons (Fsp3) is 0.632. The van der Waals surface area contributed by atoms with Crippen LogP contribution >= 0.6 is 0 Å². The van der Waals surface area contributed by atoms with Crippen molar-refractivity contribution >= 4 is 5.91 Å². The molecule has 2 unspecified atom stereocenters. The van der Waals surface area contributed by atoms with Crippen molar-refractivity contribution in [1.29, 1.82) is 0 Å². The van der Waals surface area contributed by atoms with Gasteiger partial charge in [-0.1, -0.05) is 19.1 Å². The summed E-state index contributed by atoms with van der Waals surface area (Å²) in [4.78, 5) is 17.0. The average Bonchev–Trinajstić information content (AvgIpc) is 3.29. The second kappa shape index (κ2) is 8.43. The lowest BCUT2D eigenvalue weighted by atomic mass is 9.96. The Morgan fingerprint density at radius 2 is 1.96 bits per heavy atom. The minimum Gasteiger partial charge on any atom is -0.396 e. The molecule has 1 aromatic rings. The summed E-state index contributed by atoms with van der Waals surface area (Å²) >= 11 is 0. The number of aliphatic hydroxyl groups excluding tert-OH is 1. The predicted octanol–water partition coefficient (Wildman–Crippen LogP) is 0.752. The molecule has 4 atom stereocenters. The van der Waals surface area contributed by atoms with Crippen LogP contribution in [0.2, 0.25) is 0 Å². The summed E-state index contributed by atoms with van der Waals surface area (Å²) in [5, 5.41) is 9.68. The molecule has 0 spiro atoms. The van der Waals surface area contributed by atoms with Gasteiger partial charge in [0.15, 0.2) is 0 Å². The maximum Gasteiger partial charge on any atom is 0.241 e. The summed E-state index contributed by atoms with van der Waals surface area (Å²) in [7, 11) is 2.06. The van der Waals surface area contributed by atoms with Crippen LogP contribution in [0, 0.1) is 17.7 Å². The number of nitrogens with zero attached hydrogens (tertiary/aromatic N) is 2. The van der Waals surface area contributed by atoms with Crippen LogP contribution < -0.4 is 10.9 Å². The molecule has 144 valence electrons. The molecule has 26 heavy (non-hydrogen) atoms. The Kier molecular flexibility index (Phi) is 6.24. The Morgan fingerprint density at radius 3 is 2.62 bits per heavy atom. The lowest BCUT2D eigenvalue weighted by Crippen LogP contribution is -2.45. The van der Waals surface area contributed by atoms with Gasteiger partial charge in [0.2, 0.25) is 5.91 Å². The number of hydrogen-bond acceptors (Lipinski definition) is 5. The zero-order chi connectivity index (χ0) is 18.7. The zero-order valence-corrected chi connectivity index (χ0v) is 15.5. The largest absolute Gasteiger partial charge is 0.396 e. The molecule has 0 aromatic heterocycles. The number of aliphatic hydroxyl groups is 1. The van der Waals surface area contributed by atoms with E-state index in [1.807, 2.05) is 4.90 Å². The van der Waals surface area contributed by atoms with Gasteiger partial charge >= 0.3 is 0 Å². The van der Waals surface area contributed by atoms with E-state index in [2.05, 4.69) is 29.7 Å². The van der Waals surface area contributed by atoms with Crippen molar-refractivity contribution in [1.82, 2.24) is 20.7 Å². The Bertz CT molecular complexity index is 612. The van der Waals surface area contributed by atoms with Gasteiger partial charge < -0.3 is 14.9 Å². The number of nitrogens with one attached hydrogen (secondary N) is 2. The molecule has 0 bridgehead atoms. The van der Waals surface area contributed by atoms with E-state index >= 15 is 0 Å². The van der Waals surface area contributed by atoms with E-state index in [-0.39, 0.29) is 36.3 Å². The van der Waals surface area contributed by atoms with Crippen LogP contribution in [0.5, 0.6) is 0 Å². The summed E-state index contributed by atoms with van der Waals surface area (Å²) in [5.41, 5.74) is 7.20. The van der Waals surface area contributed by atoms with Crippen LogP contribution in [0.25, 0.3) is 0 Å². The molecular weight excluding hydrogens is 335 g/mol.